The summed E-state index contributed by atoms with van der Waals surface area (Å²) in [5.41, 5.74) is 6.07. The van der Waals surface area contributed by atoms with E-state index in [9.17, 15) is 8.42 Å². The minimum absolute atomic E-state index is 0.106. The van der Waals surface area contributed by atoms with E-state index in [4.69, 9.17) is 18.0 Å². The first-order valence-corrected chi connectivity index (χ1v) is 8.85. The van der Waals surface area contributed by atoms with Gasteiger partial charge in [-0.15, -0.1) is 0 Å². The zero-order valence-corrected chi connectivity index (χ0v) is 14.0. The van der Waals surface area contributed by atoms with Gasteiger partial charge in [-0.3, -0.25) is 4.90 Å². The Labute approximate surface area is 131 Å². The zero-order chi connectivity index (χ0) is 15.6. The molecule has 1 saturated heterocycles. The predicted molar refractivity (Wildman–Crippen MR) is 87.8 cm³/mol. The number of likely N-dealkylation sites (N-methyl/N-ethyl adjacent to an activating group) is 1. The van der Waals surface area contributed by atoms with Crippen molar-refractivity contribution >= 4 is 27.2 Å². The molecule has 1 fully saturated rings. The lowest BCUT2D eigenvalue weighted by molar-refractivity contribution is 0.135. The highest BCUT2D eigenvalue weighted by Gasteiger charge is 2.33. The second-order valence-corrected chi connectivity index (χ2v) is 7.55. The highest BCUT2D eigenvalue weighted by molar-refractivity contribution is 7.89. The summed E-state index contributed by atoms with van der Waals surface area (Å²) in [6.07, 6.45) is 0. The Morgan fingerprint density at radius 1 is 1.38 bits per heavy atom. The van der Waals surface area contributed by atoms with E-state index >= 15 is 0 Å². The van der Waals surface area contributed by atoms with Crippen LogP contribution in [-0.2, 0) is 10.0 Å². The lowest BCUT2D eigenvalue weighted by Crippen LogP contribution is -2.53. The number of nitrogens with zero attached hydrogens (tertiary/aromatic N) is 2. The summed E-state index contributed by atoms with van der Waals surface area (Å²) >= 11 is 4.97. The molecule has 1 aromatic rings. The van der Waals surface area contributed by atoms with Gasteiger partial charge in [0.1, 0.15) is 4.99 Å². The Balaban J connectivity index is 2.34. The smallest absolute Gasteiger partial charge is 0.243 e. The molecule has 0 bridgehead atoms. The fraction of sp³-hybridized carbons (Fsp3) is 0.500. The Morgan fingerprint density at radius 2 is 2.05 bits per heavy atom. The van der Waals surface area contributed by atoms with Gasteiger partial charge in [-0.2, -0.15) is 4.31 Å². The van der Waals surface area contributed by atoms with Crippen molar-refractivity contribution in [2.75, 3.05) is 26.2 Å². The maximum absolute atomic E-state index is 12.8. The lowest BCUT2D eigenvalue weighted by atomic mass is 10.2. The quantitative estimate of drug-likeness (QED) is 0.837. The van der Waals surface area contributed by atoms with Crippen molar-refractivity contribution in [3.63, 3.8) is 0 Å². The van der Waals surface area contributed by atoms with E-state index in [0.717, 1.165) is 13.1 Å². The molecule has 0 radical (unpaired) electrons. The van der Waals surface area contributed by atoms with Gasteiger partial charge in [0.25, 0.3) is 0 Å². The number of nitrogens with two attached hydrogens (primary N) is 1. The summed E-state index contributed by atoms with van der Waals surface area (Å²) in [7, 11) is -3.56. The maximum Gasteiger partial charge on any atom is 0.243 e. The van der Waals surface area contributed by atoms with Crippen LogP contribution in [0.2, 0.25) is 0 Å². The van der Waals surface area contributed by atoms with Crippen LogP contribution < -0.4 is 5.73 Å². The molecule has 2 rings (SSSR count). The molecule has 1 heterocycles. The van der Waals surface area contributed by atoms with Crippen LogP contribution in [0.1, 0.15) is 19.4 Å². The Hall–Kier alpha value is -1.02. The largest absolute Gasteiger partial charge is 0.389 e. The van der Waals surface area contributed by atoms with Crippen LogP contribution >= 0.6 is 12.2 Å². The fourth-order valence-corrected chi connectivity index (χ4v) is 4.65. The molecule has 0 saturated carbocycles. The molecule has 1 atom stereocenters. The predicted octanol–water partition coefficient (Wildman–Crippen LogP) is 1.04. The molecular formula is C14H21N3O2S2. The van der Waals surface area contributed by atoms with Gasteiger partial charge < -0.3 is 5.73 Å². The van der Waals surface area contributed by atoms with Crippen molar-refractivity contribution in [3.05, 3.63) is 29.8 Å². The molecule has 1 aliphatic heterocycles. The summed E-state index contributed by atoms with van der Waals surface area (Å²) in [5.74, 6) is 0. The van der Waals surface area contributed by atoms with E-state index in [1.165, 1.54) is 4.31 Å². The number of thiocarbonyl (C=S) groups is 1. The molecular weight excluding hydrogens is 306 g/mol. The zero-order valence-electron chi connectivity index (χ0n) is 12.3. The van der Waals surface area contributed by atoms with Crippen molar-refractivity contribution in [1.29, 1.82) is 0 Å². The van der Waals surface area contributed by atoms with Gasteiger partial charge in [-0.25, -0.2) is 8.42 Å². The number of benzene rings is 1. The summed E-state index contributed by atoms with van der Waals surface area (Å²) < 4.78 is 27.2. The van der Waals surface area contributed by atoms with Crippen LogP contribution in [0, 0.1) is 0 Å². The first kappa shape index (κ1) is 16.4. The normalized spacial score (nSPS) is 21.3. The summed E-state index contributed by atoms with van der Waals surface area (Å²) in [5, 5.41) is 0. The van der Waals surface area contributed by atoms with E-state index < -0.39 is 10.0 Å². The third kappa shape index (κ3) is 3.26. The first-order chi connectivity index (χ1) is 9.87. The summed E-state index contributed by atoms with van der Waals surface area (Å²) in [6, 6.07) is 6.86. The summed E-state index contributed by atoms with van der Waals surface area (Å²) in [6.45, 7) is 6.78. The minimum atomic E-state index is -3.56. The van der Waals surface area contributed by atoms with Gasteiger partial charge in [0.15, 0.2) is 0 Å². The molecule has 0 aromatic heterocycles. The number of hydrogen-bond acceptors (Lipinski definition) is 4. The highest BCUT2D eigenvalue weighted by Crippen LogP contribution is 2.23. The Morgan fingerprint density at radius 3 is 2.62 bits per heavy atom. The van der Waals surface area contributed by atoms with Gasteiger partial charge in [-0.05, 0) is 19.5 Å². The van der Waals surface area contributed by atoms with Crippen molar-refractivity contribution in [2.45, 2.75) is 24.8 Å². The molecule has 2 N–H and O–H groups in total. The fourth-order valence-electron chi connectivity index (χ4n) is 2.68. The molecule has 0 aliphatic carbocycles. The maximum atomic E-state index is 12.8. The monoisotopic (exact) mass is 327 g/mol. The molecule has 1 unspecified atom stereocenters. The molecule has 0 amide bonds. The van der Waals surface area contributed by atoms with Gasteiger partial charge in [-0.1, -0.05) is 37.3 Å². The van der Waals surface area contributed by atoms with Crippen molar-refractivity contribution in [1.82, 2.24) is 9.21 Å². The number of piperazine rings is 1. The van der Waals surface area contributed by atoms with E-state index in [-0.39, 0.29) is 15.9 Å². The van der Waals surface area contributed by atoms with Gasteiger partial charge in [0.2, 0.25) is 10.0 Å². The standard InChI is InChI=1S/C14H21N3O2S2/c1-3-16-8-9-17(10-11(16)2)21(18,19)13-7-5-4-6-12(13)14(15)20/h4-7,11H,3,8-10H2,1-2H3,(H2,15,20). The number of sulfonamides is 1. The van der Waals surface area contributed by atoms with Crippen LogP contribution in [0.4, 0.5) is 0 Å². The molecule has 21 heavy (non-hydrogen) atoms. The van der Waals surface area contributed by atoms with Crippen LogP contribution in [0.25, 0.3) is 0 Å². The first-order valence-electron chi connectivity index (χ1n) is 7.01. The van der Waals surface area contributed by atoms with Gasteiger partial charge in [0, 0.05) is 31.2 Å². The number of hydrogen-bond donors (Lipinski definition) is 1. The molecule has 1 aromatic carbocycles. The van der Waals surface area contributed by atoms with Gasteiger partial charge in [0.05, 0.1) is 4.90 Å². The lowest BCUT2D eigenvalue weighted by Gasteiger charge is -2.38. The Bertz CT molecular complexity index is 631. The SMILES string of the molecule is CCN1CCN(S(=O)(=O)c2ccccc2C(N)=S)CC1C. The van der Waals surface area contributed by atoms with Crippen LogP contribution in [0.3, 0.4) is 0 Å². The van der Waals surface area contributed by atoms with Crippen molar-refractivity contribution < 1.29 is 8.42 Å². The van der Waals surface area contributed by atoms with Crippen molar-refractivity contribution in [3.8, 4) is 0 Å². The topological polar surface area (TPSA) is 66.6 Å². The van der Waals surface area contributed by atoms with E-state index in [2.05, 4.69) is 11.8 Å². The van der Waals surface area contributed by atoms with E-state index in [1.807, 2.05) is 6.92 Å². The van der Waals surface area contributed by atoms with Crippen LogP contribution in [0.15, 0.2) is 29.2 Å². The molecule has 116 valence electrons. The highest BCUT2D eigenvalue weighted by atomic mass is 32.2. The number of rotatable bonds is 4. The Kier molecular flexibility index (Phi) is 4.98. The van der Waals surface area contributed by atoms with Crippen LogP contribution in [-0.4, -0.2) is 54.8 Å². The molecule has 0 spiro atoms. The second kappa shape index (κ2) is 6.39. The van der Waals surface area contributed by atoms with Crippen molar-refractivity contribution in [2.24, 2.45) is 5.73 Å². The third-order valence-electron chi connectivity index (χ3n) is 3.90. The van der Waals surface area contributed by atoms with E-state index in [1.54, 1.807) is 24.3 Å². The second-order valence-electron chi connectivity index (χ2n) is 5.20. The van der Waals surface area contributed by atoms with E-state index in [0.29, 0.717) is 18.7 Å². The molecule has 7 heteroatoms. The van der Waals surface area contributed by atoms with Gasteiger partial charge >= 0.3 is 0 Å². The molecule has 1 aliphatic rings. The minimum Gasteiger partial charge on any atom is -0.389 e. The average Bonchev–Trinajstić information content (AvgIpc) is 2.47. The van der Waals surface area contributed by atoms with Crippen LogP contribution in [0.5, 0.6) is 0 Å². The third-order valence-corrected chi connectivity index (χ3v) is 6.05. The average molecular weight is 327 g/mol. The summed E-state index contributed by atoms with van der Waals surface area (Å²) in [4.78, 5) is 2.58. The molecule has 5 nitrogen and oxygen atoms in total.